The third-order valence-electron chi connectivity index (χ3n) is 2.36. The van der Waals surface area contributed by atoms with Crippen LogP contribution in [0.4, 0.5) is 5.69 Å². The molecule has 0 amide bonds. The molecular weight excluding hydrogens is 256 g/mol. The van der Waals surface area contributed by atoms with E-state index in [0.29, 0.717) is 11.3 Å². The van der Waals surface area contributed by atoms with Gasteiger partial charge in [-0.3, -0.25) is 20.2 Å². The van der Waals surface area contributed by atoms with Gasteiger partial charge in [-0.25, -0.2) is 0 Å². The molecule has 0 saturated carbocycles. The summed E-state index contributed by atoms with van der Waals surface area (Å²) in [7, 11) is 0. The second kappa shape index (κ2) is 6.97. The van der Waals surface area contributed by atoms with Crippen LogP contribution in [0.25, 0.3) is 0 Å². The molecule has 1 aromatic rings. The maximum absolute atomic E-state index is 10.9. The van der Waals surface area contributed by atoms with E-state index < -0.39 is 16.9 Å². The first-order valence-corrected chi connectivity index (χ1v) is 6.63. The summed E-state index contributed by atoms with van der Waals surface area (Å²) in [5.74, 6) is -0.543. The van der Waals surface area contributed by atoms with E-state index in [1.807, 2.05) is 6.26 Å². The minimum absolute atomic E-state index is 0.00158. The van der Waals surface area contributed by atoms with Crippen LogP contribution < -0.4 is 5.32 Å². The number of nitro benzene ring substituents is 1. The molecule has 0 saturated heterocycles. The Morgan fingerprint density at radius 1 is 1.56 bits per heavy atom. The SMILES string of the molecule is CSC[C@H](NCc1ccccc1[N+](=O)[O-])C(=O)O. The van der Waals surface area contributed by atoms with E-state index in [1.165, 1.54) is 17.8 Å². The van der Waals surface area contributed by atoms with Gasteiger partial charge in [-0.05, 0) is 6.26 Å². The molecule has 1 aromatic carbocycles. The number of nitro groups is 1. The van der Waals surface area contributed by atoms with Gasteiger partial charge in [0.1, 0.15) is 6.04 Å². The number of hydrogen-bond donors (Lipinski definition) is 2. The van der Waals surface area contributed by atoms with Crippen LogP contribution >= 0.6 is 11.8 Å². The number of aliphatic carboxylic acids is 1. The summed E-state index contributed by atoms with van der Waals surface area (Å²) in [6.45, 7) is 0.161. The number of carboxylic acid groups (broad SMARTS) is 1. The second-order valence-electron chi connectivity index (χ2n) is 3.61. The smallest absolute Gasteiger partial charge is 0.321 e. The quantitative estimate of drug-likeness (QED) is 0.576. The predicted octanol–water partition coefficient (Wildman–Crippen LogP) is 1.50. The van der Waals surface area contributed by atoms with Crippen molar-refractivity contribution >= 4 is 23.4 Å². The number of nitrogens with one attached hydrogen (secondary N) is 1. The lowest BCUT2D eigenvalue weighted by Crippen LogP contribution is -2.38. The normalized spacial score (nSPS) is 12.1. The monoisotopic (exact) mass is 270 g/mol. The van der Waals surface area contributed by atoms with Crippen LogP contribution in [0.1, 0.15) is 5.56 Å². The molecule has 0 radical (unpaired) electrons. The van der Waals surface area contributed by atoms with Crippen molar-refractivity contribution in [1.29, 1.82) is 0 Å². The van der Waals surface area contributed by atoms with Gasteiger partial charge in [-0.15, -0.1) is 0 Å². The number of rotatable bonds is 7. The van der Waals surface area contributed by atoms with Gasteiger partial charge in [0, 0.05) is 23.9 Å². The average Bonchev–Trinajstić information content (AvgIpc) is 2.34. The molecule has 0 unspecified atom stereocenters. The Labute approximate surface area is 109 Å². The van der Waals surface area contributed by atoms with Crippen molar-refractivity contribution in [2.75, 3.05) is 12.0 Å². The van der Waals surface area contributed by atoms with Crippen LogP contribution in [0.5, 0.6) is 0 Å². The van der Waals surface area contributed by atoms with E-state index in [0.717, 1.165) is 0 Å². The van der Waals surface area contributed by atoms with Crippen molar-refractivity contribution in [2.24, 2.45) is 0 Å². The van der Waals surface area contributed by atoms with Crippen molar-refractivity contribution in [3.8, 4) is 0 Å². The van der Waals surface area contributed by atoms with Gasteiger partial charge in [0.15, 0.2) is 0 Å². The minimum Gasteiger partial charge on any atom is -0.480 e. The van der Waals surface area contributed by atoms with Crippen molar-refractivity contribution in [3.63, 3.8) is 0 Å². The maximum atomic E-state index is 10.9. The summed E-state index contributed by atoms with van der Waals surface area (Å²) in [5, 5.41) is 22.5. The van der Waals surface area contributed by atoms with E-state index in [1.54, 1.807) is 18.2 Å². The van der Waals surface area contributed by atoms with Gasteiger partial charge in [-0.2, -0.15) is 11.8 Å². The van der Waals surface area contributed by atoms with Crippen LogP contribution in [-0.4, -0.2) is 34.0 Å². The average molecular weight is 270 g/mol. The molecule has 6 nitrogen and oxygen atoms in total. The Hall–Kier alpha value is -1.60. The summed E-state index contributed by atoms with van der Waals surface area (Å²) >= 11 is 1.41. The van der Waals surface area contributed by atoms with Crippen molar-refractivity contribution in [3.05, 3.63) is 39.9 Å². The van der Waals surface area contributed by atoms with Crippen LogP contribution in [0.2, 0.25) is 0 Å². The van der Waals surface area contributed by atoms with Crippen LogP contribution in [-0.2, 0) is 11.3 Å². The number of nitrogens with zero attached hydrogens (tertiary/aromatic N) is 1. The summed E-state index contributed by atoms with van der Waals surface area (Å²) in [5.41, 5.74) is 0.480. The summed E-state index contributed by atoms with van der Waals surface area (Å²) in [6, 6.07) is 5.58. The molecule has 0 fully saturated rings. The molecule has 0 aliphatic carbocycles. The first-order valence-electron chi connectivity index (χ1n) is 5.23. The first kappa shape index (κ1) is 14.5. The Kier molecular flexibility index (Phi) is 5.60. The highest BCUT2D eigenvalue weighted by Gasteiger charge is 2.18. The van der Waals surface area contributed by atoms with Crippen molar-refractivity contribution in [1.82, 2.24) is 5.32 Å². The lowest BCUT2D eigenvalue weighted by atomic mass is 10.1. The van der Waals surface area contributed by atoms with Gasteiger partial charge in [0.2, 0.25) is 0 Å². The highest BCUT2D eigenvalue weighted by Crippen LogP contribution is 2.17. The third-order valence-corrected chi connectivity index (χ3v) is 3.03. The predicted molar refractivity (Wildman–Crippen MR) is 69.7 cm³/mol. The molecule has 18 heavy (non-hydrogen) atoms. The molecule has 0 aliphatic rings. The number of hydrogen-bond acceptors (Lipinski definition) is 5. The fraction of sp³-hybridized carbons (Fsp3) is 0.364. The Morgan fingerprint density at radius 2 is 2.22 bits per heavy atom. The Balaban J connectivity index is 2.73. The molecular formula is C11H14N2O4S. The van der Waals surface area contributed by atoms with Gasteiger partial charge in [-0.1, -0.05) is 18.2 Å². The first-order chi connectivity index (χ1) is 8.56. The van der Waals surface area contributed by atoms with Crippen LogP contribution in [0.15, 0.2) is 24.3 Å². The summed E-state index contributed by atoms with van der Waals surface area (Å²) in [6.07, 6.45) is 1.81. The largest absolute Gasteiger partial charge is 0.480 e. The minimum atomic E-state index is -0.956. The van der Waals surface area contributed by atoms with E-state index >= 15 is 0 Å². The molecule has 0 heterocycles. The fourth-order valence-corrected chi connectivity index (χ4v) is 2.05. The number of thioether (sulfide) groups is 1. The van der Waals surface area contributed by atoms with Crippen LogP contribution in [0, 0.1) is 10.1 Å². The topological polar surface area (TPSA) is 92.5 Å². The number of carboxylic acids is 1. The lowest BCUT2D eigenvalue weighted by Gasteiger charge is -2.13. The van der Waals surface area contributed by atoms with Gasteiger partial charge in [0.05, 0.1) is 4.92 Å². The van der Waals surface area contributed by atoms with Gasteiger partial charge < -0.3 is 5.11 Å². The molecule has 98 valence electrons. The van der Waals surface area contributed by atoms with Gasteiger partial charge in [0.25, 0.3) is 5.69 Å². The van der Waals surface area contributed by atoms with E-state index in [-0.39, 0.29) is 12.2 Å². The third kappa shape index (κ3) is 4.01. The molecule has 7 heteroatoms. The lowest BCUT2D eigenvalue weighted by molar-refractivity contribution is -0.385. The second-order valence-corrected chi connectivity index (χ2v) is 4.52. The van der Waals surface area contributed by atoms with Crippen molar-refractivity contribution in [2.45, 2.75) is 12.6 Å². The zero-order valence-corrected chi connectivity index (χ0v) is 10.6. The number of para-hydroxylation sites is 1. The molecule has 0 bridgehead atoms. The maximum Gasteiger partial charge on any atom is 0.321 e. The molecule has 1 atom stereocenters. The Morgan fingerprint density at radius 3 is 2.78 bits per heavy atom. The fourth-order valence-electron chi connectivity index (χ4n) is 1.46. The van der Waals surface area contributed by atoms with E-state index in [2.05, 4.69) is 5.32 Å². The molecule has 0 aliphatic heterocycles. The molecule has 0 aromatic heterocycles. The highest BCUT2D eigenvalue weighted by atomic mass is 32.2. The Bertz CT molecular complexity index is 439. The van der Waals surface area contributed by atoms with E-state index in [4.69, 9.17) is 5.11 Å². The zero-order valence-electron chi connectivity index (χ0n) is 9.83. The van der Waals surface area contributed by atoms with Crippen LogP contribution in [0.3, 0.4) is 0 Å². The summed E-state index contributed by atoms with van der Waals surface area (Å²) in [4.78, 5) is 21.2. The summed E-state index contributed by atoms with van der Waals surface area (Å²) < 4.78 is 0. The van der Waals surface area contributed by atoms with Gasteiger partial charge >= 0.3 is 5.97 Å². The van der Waals surface area contributed by atoms with Crippen molar-refractivity contribution < 1.29 is 14.8 Å². The number of carbonyl (C=O) groups is 1. The highest BCUT2D eigenvalue weighted by molar-refractivity contribution is 7.98. The molecule has 1 rings (SSSR count). The molecule has 2 N–H and O–H groups in total. The standard InChI is InChI=1S/C11H14N2O4S/c1-18-7-9(11(14)15)12-6-8-4-2-3-5-10(8)13(16)17/h2-5,9,12H,6-7H2,1H3,(H,14,15)/t9-/m0/s1. The zero-order chi connectivity index (χ0) is 13.5. The van der Waals surface area contributed by atoms with E-state index in [9.17, 15) is 14.9 Å². The molecule has 0 spiro atoms. The number of benzene rings is 1.